The summed E-state index contributed by atoms with van der Waals surface area (Å²) in [5, 5.41) is 16.0. The van der Waals surface area contributed by atoms with Crippen LogP contribution in [0.5, 0.6) is 0 Å². The first kappa shape index (κ1) is 13.5. The van der Waals surface area contributed by atoms with Crippen molar-refractivity contribution in [3.05, 3.63) is 6.07 Å². The van der Waals surface area contributed by atoms with Crippen LogP contribution >= 0.6 is 0 Å². The Morgan fingerprint density at radius 2 is 2.06 bits per heavy atom. The first-order chi connectivity index (χ1) is 7.96. The maximum Gasteiger partial charge on any atom is 0.223 e. The molecule has 1 rings (SSSR count). The van der Waals surface area contributed by atoms with Crippen LogP contribution in [0.25, 0.3) is 0 Å². The molecular formula is C11H21N5O. The Hall–Kier alpha value is -1.56. The molecule has 96 valence electrons. The van der Waals surface area contributed by atoms with Gasteiger partial charge in [-0.25, -0.2) is 0 Å². The Bertz CT molecular complexity index is 367. The van der Waals surface area contributed by atoms with E-state index in [1.165, 1.54) is 0 Å². The number of anilines is 3. The molecular weight excluding hydrogens is 218 g/mol. The quantitative estimate of drug-likeness (QED) is 0.593. The average molecular weight is 239 g/mol. The first-order valence-corrected chi connectivity index (χ1v) is 5.75. The Morgan fingerprint density at radius 3 is 2.65 bits per heavy atom. The molecule has 1 heterocycles. The predicted molar refractivity (Wildman–Crippen MR) is 70.0 cm³/mol. The van der Waals surface area contributed by atoms with Gasteiger partial charge in [0.05, 0.1) is 5.60 Å². The number of aromatic nitrogens is 2. The highest BCUT2D eigenvalue weighted by molar-refractivity contribution is 5.50. The van der Waals surface area contributed by atoms with Gasteiger partial charge in [0.15, 0.2) is 0 Å². The molecule has 0 bridgehead atoms. The molecule has 0 amide bonds. The van der Waals surface area contributed by atoms with Gasteiger partial charge in [-0.15, -0.1) is 0 Å². The molecule has 0 aliphatic carbocycles. The summed E-state index contributed by atoms with van der Waals surface area (Å²) >= 11 is 0. The monoisotopic (exact) mass is 239 g/mol. The van der Waals surface area contributed by atoms with Crippen molar-refractivity contribution in [1.29, 1.82) is 0 Å². The number of nitrogen functional groups attached to an aromatic ring is 1. The van der Waals surface area contributed by atoms with Crippen molar-refractivity contribution < 1.29 is 5.11 Å². The fourth-order valence-corrected chi connectivity index (χ4v) is 1.59. The van der Waals surface area contributed by atoms with Crippen LogP contribution < -0.4 is 16.4 Å². The van der Waals surface area contributed by atoms with Crippen LogP contribution in [0.4, 0.5) is 17.6 Å². The van der Waals surface area contributed by atoms with E-state index in [0.29, 0.717) is 18.2 Å². The molecule has 1 aromatic heterocycles. The molecule has 0 aromatic carbocycles. The van der Waals surface area contributed by atoms with E-state index in [2.05, 4.69) is 20.6 Å². The fourth-order valence-electron chi connectivity index (χ4n) is 1.59. The van der Waals surface area contributed by atoms with Gasteiger partial charge in [-0.05, 0) is 13.3 Å². The number of hydrogen-bond donors (Lipinski definition) is 4. The van der Waals surface area contributed by atoms with Crippen LogP contribution in [-0.4, -0.2) is 34.3 Å². The number of rotatable bonds is 6. The Morgan fingerprint density at radius 1 is 1.41 bits per heavy atom. The molecule has 6 heteroatoms. The van der Waals surface area contributed by atoms with E-state index in [4.69, 9.17) is 5.73 Å². The molecule has 0 aliphatic rings. The minimum absolute atomic E-state index is 0.203. The third-order valence-corrected chi connectivity index (χ3v) is 2.44. The van der Waals surface area contributed by atoms with E-state index in [1.807, 2.05) is 6.92 Å². The molecule has 17 heavy (non-hydrogen) atoms. The van der Waals surface area contributed by atoms with Crippen LogP contribution in [-0.2, 0) is 0 Å². The molecule has 0 radical (unpaired) electrons. The summed E-state index contributed by atoms with van der Waals surface area (Å²) in [5.41, 5.74) is 4.83. The minimum Gasteiger partial charge on any atom is -0.388 e. The van der Waals surface area contributed by atoms with Crippen molar-refractivity contribution in [1.82, 2.24) is 9.97 Å². The largest absolute Gasteiger partial charge is 0.388 e. The third kappa shape index (κ3) is 4.44. The van der Waals surface area contributed by atoms with Crippen molar-refractivity contribution in [2.75, 3.05) is 30.0 Å². The van der Waals surface area contributed by atoms with Gasteiger partial charge in [-0.2, -0.15) is 9.97 Å². The summed E-state index contributed by atoms with van der Waals surface area (Å²) in [4.78, 5) is 8.04. The second kappa shape index (κ2) is 5.67. The normalized spacial score (nSPS) is 14.1. The molecule has 1 unspecified atom stereocenters. The molecule has 0 fully saturated rings. The van der Waals surface area contributed by atoms with E-state index in [1.54, 1.807) is 20.0 Å². The number of nitrogens with one attached hydrogen (secondary N) is 2. The van der Waals surface area contributed by atoms with E-state index in [0.717, 1.165) is 12.8 Å². The maximum atomic E-state index is 10.0. The molecule has 0 saturated heterocycles. The molecule has 1 aromatic rings. The van der Waals surface area contributed by atoms with Gasteiger partial charge < -0.3 is 21.5 Å². The first-order valence-electron chi connectivity index (χ1n) is 5.75. The number of hydrogen-bond acceptors (Lipinski definition) is 6. The highest BCUT2D eigenvalue weighted by Crippen LogP contribution is 2.15. The zero-order valence-electron chi connectivity index (χ0n) is 10.6. The van der Waals surface area contributed by atoms with Crippen molar-refractivity contribution in [2.45, 2.75) is 32.3 Å². The lowest BCUT2D eigenvalue weighted by Gasteiger charge is -2.23. The second-order valence-electron chi connectivity index (χ2n) is 4.35. The van der Waals surface area contributed by atoms with Crippen molar-refractivity contribution in [3.63, 3.8) is 0 Å². The lowest BCUT2D eigenvalue weighted by atomic mass is 10.0. The Kier molecular flexibility index (Phi) is 4.51. The van der Waals surface area contributed by atoms with E-state index < -0.39 is 5.60 Å². The number of aliphatic hydroxyl groups is 1. The van der Waals surface area contributed by atoms with Crippen molar-refractivity contribution in [2.24, 2.45) is 0 Å². The Labute approximate surface area is 102 Å². The summed E-state index contributed by atoms with van der Waals surface area (Å²) in [5.74, 6) is 1.46. The number of nitrogens with zero attached hydrogens (tertiary/aromatic N) is 2. The SMILES string of the molecule is CCCC(C)(O)CNc1cc(NC)nc(N)n1. The number of nitrogens with two attached hydrogens (primary N) is 1. The molecule has 0 spiro atoms. The van der Waals surface area contributed by atoms with E-state index in [-0.39, 0.29) is 5.95 Å². The van der Waals surface area contributed by atoms with Crippen LogP contribution in [0.1, 0.15) is 26.7 Å². The van der Waals surface area contributed by atoms with Gasteiger partial charge in [-0.3, -0.25) is 0 Å². The average Bonchev–Trinajstić information content (AvgIpc) is 2.26. The van der Waals surface area contributed by atoms with Crippen LogP contribution in [0, 0.1) is 0 Å². The van der Waals surface area contributed by atoms with Crippen molar-refractivity contribution in [3.8, 4) is 0 Å². The molecule has 0 saturated carbocycles. The molecule has 6 nitrogen and oxygen atoms in total. The van der Waals surface area contributed by atoms with Gasteiger partial charge >= 0.3 is 0 Å². The highest BCUT2D eigenvalue weighted by Gasteiger charge is 2.18. The smallest absolute Gasteiger partial charge is 0.223 e. The molecule has 5 N–H and O–H groups in total. The zero-order chi connectivity index (χ0) is 12.9. The van der Waals surface area contributed by atoms with Gasteiger partial charge in [0.2, 0.25) is 5.95 Å². The Balaban J connectivity index is 2.65. The van der Waals surface area contributed by atoms with E-state index >= 15 is 0 Å². The third-order valence-electron chi connectivity index (χ3n) is 2.44. The lowest BCUT2D eigenvalue weighted by Crippen LogP contribution is -2.33. The predicted octanol–water partition coefficient (Wildman–Crippen LogP) is 1.06. The maximum absolute atomic E-state index is 10.0. The summed E-state index contributed by atoms with van der Waals surface area (Å²) in [6.45, 7) is 4.27. The molecule has 1 atom stereocenters. The summed E-state index contributed by atoms with van der Waals surface area (Å²) in [6, 6.07) is 1.75. The summed E-state index contributed by atoms with van der Waals surface area (Å²) in [7, 11) is 1.76. The topological polar surface area (TPSA) is 96.1 Å². The second-order valence-corrected chi connectivity index (χ2v) is 4.35. The summed E-state index contributed by atoms with van der Waals surface area (Å²) < 4.78 is 0. The molecule has 0 aliphatic heterocycles. The van der Waals surface area contributed by atoms with E-state index in [9.17, 15) is 5.11 Å². The van der Waals surface area contributed by atoms with Gasteiger partial charge in [0, 0.05) is 19.7 Å². The van der Waals surface area contributed by atoms with Gasteiger partial charge in [-0.1, -0.05) is 13.3 Å². The summed E-state index contributed by atoms with van der Waals surface area (Å²) in [6.07, 6.45) is 1.67. The van der Waals surface area contributed by atoms with Crippen molar-refractivity contribution >= 4 is 17.6 Å². The van der Waals surface area contributed by atoms with Crippen LogP contribution in [0.2, 0.25) is 0 Å². The van der Waals surface area contributed by atoms with Gasteiger partial charge in [0.25, 0.3) is 0 Å². The zero-order valence-corrected chi connectivity index (χ0v) is 10.6. The standard InChI is InChI=1S/C11H21N5O/c1-4-5-11(2,17)7-14-9-6-8(13-3)15-10(12)16-9/h6,17H,4-5,7H2,1-3H3,(H4,12,13,14,15,16). The lowest BCUT2D eigenvalue weighted by molar-refractivity contribution is 0.0636. The minimum atomic E-state index is -0.742. The fraction of sp³-hybridized carbons (Fsp3) is 0.636. The van der Waals surface area contributed by atoms with Crippen LogP contribution in [0.3, 0.4) is 0 Å². The van der Waals surface area contributed by atoms with Crippen LogP contribution in [0.15, 0.2) is 6.07 Å². The highest BCUT2D eigenvalue weighted by atomic mass is 16.3. The van der Waals surface area contributed by atoms with Gasteiger partial charge in [0.1, 0.15) is 11.6 Å².